The summed E-state index contributed by atoms with van der Waals surface area (Å²) in [5, 5.41) is 19.9. The Morgan fingerprint density at radius 1 is 0.0597 bits per heavy atom. The molecule has 624 valence electrons. The van der Waals surface area contributed by atoms with Crippen molar-refractivity contribution in [3.63, 3.8) is 0 Å². The molecular weight excluding hydrogens is 1610 g/mol. The van der Waals surface area contributed by atoms with E-state index >= 15 is 0 Å². The summed E-state index contributed by atoms with van der Waals surface area (Å²) in [5.41, 5.74) is 36.9. The monoisotopic (exact) mass is 1700 g/mol. The van der Waals surface area contributed by atoms with Crippen LogP contribution in [0.4, 0.5) is 0 Å². The van der Waals surface area contributed by atoms with Crippen LogP contribution in [-0.4, -0.2) is 0 Å². The van der Waals surface area contributed by atoms with Crippen molar-refractivity contribution in [2.24, 2.45) is 0 Å². The van der Waals surface area contributed by atoms with E-state index < -0.39 is 0 Å². The third kappa shape index (κ3) is 14.4. The zero-order chi connectivity index (χ0) is 88.8. The van der Waals surface area contributed by atoms with Crippen LogP contribution in [0, 0.1) is 0 Å². The van der Waals surface area contributed by atoms with Crippen molar-refractivity contribution in [2.45, 2.75) is 0 Å². The van der Waals surface area contributed by atoms with Crippen LogP contribution in [-0.2, 0) is 0 Å². The minimum absolute atomic E-state index is 1.20. The predicted octanol–water partition coefficient (Wildman–Crippen LogP) is 37.6. The summed E-state index contributed by atoms with van der Waals surface area (Å²) < 4.78 is 0. The molecule has 0 heterocycles. The zero-order valence-electron chi connectivity index (χ0n) is 73.8. The molecule has 0 radical (unpaired) electrons. The van der Waals surface area contributed by atoms with Crippen molar-refractivity contribution < 1.29 is 0 Å². The molecule has 0 heteroatoms. The van der Waals surface area contributed by atoms with Gasteiger partial charge >= 0.3 is 0 Å². The number of rotatable bonds is 15. The normalized spacial score (nSPS) is 11.4. The van der Waals surface area contributed by atoms with Crippen molar-refractivity contribution in [3.05, 3.63) is 534 Å². The summed E-state index contributed by atoms with van der Waals surface area (Å²) in [7, 11) is 0. The summed E-state index contributed by atoms with van der Waals surface area (Å²) in [6, 6.07) is 196. The Hall–Kier alpha value is -17.4. The highest BCUT2D eigenvalue weighted by molar-refractivity contribution is 6.32. The van der Waals surface area contributed by atoms with Gasteiger partial charge in [0.25, 0.3) is 0 Å². The first-order chi connectivity index (χ1) is 66.6. The topological polar surface area (TPSA) is 0 Å². The van der Waals surface area contributed by atoms with Gasteiger partial charge in [-0.05, 0) is 253 Å². The second-order valence-corrected chi connectivity index (χ2v) is 34.9. The quantitative estimate of drug-likeness (QED) is 0.0898. The highest BCUT2D eigenvalue weighted by Crippen LogP contribution is 2.55. The molecule has 0 aliphatic heterocycles. The van der Waals surface area contributed by atoms with Crippen molar-refractivity contribution in [3.8, 4) is 167 Å². The van der Waals surface area contributed by atoms with Gasteiger partial charge in [0.1, 0.15) is 0 Å². The second-order valence-electron chi connectivity index (χ2n) is 34.9. The maximum atomic E-state index is 2.34. The van der Waals surface area contributed by atoms with Gasteiger partial charge in [0, 0.05) is 0 Å². The van der Waals surface area contributed by atoms with Crippen LogP contribution >= 0.6 is 0 Å². The largest absolute Gasteiger partial charge is 0.0622 e. The first kappa shape index (κ1) is 79.9. The van der Waals surface area contributed by atoms with Gasteiger partial charge in [0.2, 0.25) is 0 Å². The van der Waals surface area contributed by atoms with Gasteiger partial charge in [-0.1, -0.05) is 534 Å². The summed E-state index contributed by atoms with van der Waals surface area (Å²) >= 11 is 0. The number of fused-ring (bicyclic) bond motifs is 8. The highest BCUT2D eigenvalue weighted by Gasteiger charge is 2.27. The van der Waals surface area contributed by atoms with Gasteiger partial charge in [0.05, 0.1) is 0 Å². The molecular formula is C134H88. The van der Waals surface area contributed by atoms with Gasteiger partial charge in [-0.15, -0.1) is 0 Å². The SMILES string of the molecule is c1ccc(-c2ccc(-c3ccccc3-c3c4ccccc4c(-c4c5ccccc5c(-c5ccccc5-c5ccc(-c6ccccc6)cc5)c5ccccc45)c4ccccc34)cc2)cc1.c1ccc(-c2ccc(-c3ccccc3-c3c4ccccc4c(-c4ccc(-c5c6ccccc6c(-c6ccccc6-c6ccc(-c7ccccc7)cc6)c6ccccc56)cc4)c4ccccc34)cc2)cc1. The Balaban J connectivity index is 0.000000148. The van der Waals surface area contributed by atoms with Crippen molar-refractivity contribution >= 4 is 86.2 Å². The molecule has 25 rings (SSSR count). The molecule has 0 saturated heterocycles. The molecule has 0 amide bonds. The lowest BCUT2D eigenvalue weighted by Gasteiger charge is -2.23. The Morgan fingerprint density at radius 3 is 0.343 bits per heavy atom. The van der Waals surface area contributed by atoms with Crippen LogP contribution in [0.5, 0.6) is 0 Å². The van der Waals surface area contributed by atoms with Crippen LogP contribution in [0.3, 0.4) is 0 Å². The molecule has 25 aromatic carbocycles. The van der Waals surface area contributed by atoms with E-state index in [0.717, 1.165) is 0 Å². The first-order valence-corrected chi connectivity index (χ1v) is 46.4. The molecule has 0 bridgehead atoms. The van der Waals surface area contributed by atoms with Gasteiger partial charge in [0.15, 0.2) is 0 Å². The van der Waals surface area contributed by atoms with E-state index in [-0.39, 0.29) is 0 Å². The Bertz CT molecular complexity index is 8010. The lowest BCUT2D eigenvalue weighted by Crippen LogP contribution is -1.96. The van der Waals surface area contributed by atoms with E-state index in [1.165, 1.54) is 253 Å². The molecule has 0 unspecified atom stereocenters. The number of hydrogen-bond acceptors (Lipinski definition) is 0. The lowest BCUT2D eigenvalue weighted by molar-refractivity contribution is 1.58. The third-order valence-corrected chi connectivity index (χ3v) is 27.4. The van der Waals surface area contributed by atoms with Crippen molar-refractivity contribution in [1.29, 1.82) is 0 Å². The van der Waals surface area contributed by atoms with E-state index in [4.69, 9.17) is 0 Å². The Kier molecular flexibility index (Phi) is 20.8. The van der Waals surface area contributed by atoms with Crippen molar-refractivity contribution in [1.82, 2.24) is 0 Å². The average Bonchev–Trinajstić information content (AvgIpc) is 0.708. The van der Waals surface area contributed by atoms with Crippen LogP contribution in [0.2, 0.25) is 0 Å². The summed E-state index contributed by atoms with van der Waals surface area (Å²) in [5.74, 6) is 0. The minimum Gasteiger partial charge on any atom is -0.0622 e. The first-order valence-electron chi connectivity index (χ1n) is 46.4. The number of benzene rings is 25. The molecule has 0 aromatic heterocycles. The Labute approximate surface area is 781 Å². The number of hydrogen-bond donors (Lipinski definition) is 0. The van der Waals surface area contributed by atoms with Gasteiger partial charge < -0.3 is 0 Å². The standard InChI is InChI=1S/C70H46.C64H42/c1-3-19-47(20-4-1)49-35-39-51(40-36-49)55-23-7-9-25-57(55)69-63-31-15-11-27-59(63)67(60-28-12-16-32-64(60)69)53-43-45-54(46-44-53)68-61-29-13-17-33-65(61)70(66-34-18-14-30-62(66)68)58-26-10-8-24-56(58)52-41-37-50(38-42-52)48-21-5-2-6-22-48;1-3-19-43(20-4-1)45-35-39-47(40-36-45)49-23-7-9-25-51(49)61-53-27-11-15-31-57(53)63(58-32-16-12-28-54(58)61)64-59-33-17-13-29-55(59)62(56-30-14-18-34-60(56)64)52-26-10-8-24-50(52)48-41-37-46(38-42-48)44-21-5-2-6-22-44/h1-46H;1-42H. The molecule has 0 aliphatic rings. The van der Waals surface area contributed by atoms with Crippen LogP contribution in [0.25, 0.3) is 253 Å². The van der Waals surface area contributed by atoms with Gasteiger partial charge in [-0.2, -0.15) is 0 Å². The molecule has 0 fully saturated rings. The molecule has 0 atom stereocenters. The molecule has 0 saturated carbocycles. The summed E-state index contributed by atoms with van der Waals surface area (Å²) in [6.07, 6.45) is 0. The highest BCUT2D eigenvalue weighted by atomic mass is 14.3. The fraction of sp³-hybridized carbons (Fsp3) is 0. The fourth-order valence-electron chi connectivity index (χ4n) is 21.3. The average molecular weight is 1700 g/mol. The van der Waals surface area contributed by atoms with Crippen LogP contribution in [0.1, 0.15) is 0 Å². The minimum atomic E-state index is 1.20. The maximum absolute atomic E-state index is 2.34. The van der Waals surface area contributed by atoms with E-state index in [2.05, 4.69) is 534 Å². The second kappa shape index (κ2) is 34.9. The molecule has 134 heavy (non-hydrogen) atoms. The molecule has 0 aliphatic carbocycles. The van der Waals surface area contributed by atoms with Crippen molar-refractivity contribution in [2.75, 3.05) is 0 Å². The van der Waals surface area contributed by atoms with E-state index in [0.29, 0.717) is 0 Å². The molecule has 25 aromatic rings. The smallest absolute Gasteiger partial charge is 0.00139 e. The third-order valence-electron chi connectivity index (χ3n) is 27.4. The molecule has 0 nitrogen and oxygen atoms in total. The van der Waals surface area contributed by atoms with Gasteiger partial charge in [-0.3, -0.25) is 0 Å². The van der Waals surface area contributed by atoms with Gasteiger partial charge in [-0.25, -0.2) is 0 Å². The zero-order valence-corrected chi connectivity index (χ0v) is 73.8. The Morgan fingerprint density at radius 2 is 0.172 bits per heavy atom. The van der Waals surface area contributed by atoms with Crippen LogP contribution < -0.4 is 0 Å². The maximum Gasteiger partial charge on any atom is -0.00139 e. The fourth-order valence-corrected chi connectivity index (χ4v) is 21.3. The lowest BCUT2D eigenvalue weighted by atomic mass is 9.79. The van der Waals surface area contributed by atoms with Crippen LogP contribution in [0.15, 0.2) is 534 Å². The summed E-state index contributed by atoms with van der Waals surface area (Å²) in [6.45, 7) is 0. The predicted molar refractivity (Wildman–Crippen MR) is 574 cm³/mol. The van der Waals surface area contributed by atoms with E-state index in [1.807, 2.05) is 0 Å². The van der Waals surface area contributed by atoms with E-state index in [1.54, 1.807) is 0 Å². The van der Waals surface area contributed by atoms with E-state index in [9.17, 15) is 0 Å². The molecule has 0 N–H and O–H groups in total. The summed E-state index contributed by atoms with van der Waals surface area (Å²) in [4.78, 5) is 0. The molecule has 0 spiro atoms.